The van der Waals surface area contributed by atoms with E-state index in [1.807, 2.05) is 18.8 Å². The van der Waals surface area contributed by atoms with Crippen LogP contribution in [-0.4, -0.2) is 24.6 Å². The molecule has 1 aromatic carbocycles. The summed E-state index contributed by atoms with van der Waals surface area (Å²) in [5.74, 6) is 1.78. The third kappa shape index (κ3) is 3.96. The summed E-state index contributed by atoms with van der Waals surface area (Å²) in [6.07, 6.45) is 0.676. The Hall–Kier alpha value is -0.250. The lowest BCUT2D eigenvalue weighted by atomic mass is 10.1. The molecule has 0 saturated heterocycles. The second-order valence-electron chi connectivity index (χ2n) is 3.56. The first-order valence-corrected chi connectivity index (χ1v) is 6.90. The molecule has 1 rings (SSSR count). The van der Waals surface area contributed by atoms with E-state index in [0.717, 1.165) is 11.5 Å². The van der Waals surface area contributed by atoms with E-state index in [-0.39, 0.29) is 16.9 Å². The average molecular weight is 262 g/mol. The topological polar surface area (TPSA) is 12.0 Å². The highest BCUT2D eigenvalue weighted by Gasteiger charge is 2.12. The normalized spacial score (nSPS) is 12.8. The van der Waals surface area contributed by atoms with Crippen LogP contribution in [0.1, 0.15) is 12.5 Å². The molecule has 0 saturated carbocycles. The lowest BCUT2D eigenvalue weighted by Crippen LogP contribution is -2.30. The Balaban J connectivity index is 2.66. The van der Waals surface area contributed by atoms with Crippen LogP contribution in [0.3, 0.4) is 0 Å². The smallest absolute Gasteiger partial charge is 0.145 e. The highest BCUT2D eigenvalue weighted by Crippen LogP contribution is 2.19. The number of hydrogen-bond acceptors (Lipinski definition) is 2. The van der Waals surface area contributed by atoms with Crippen molar-refractivity contribution in [3.05, 3.63) is 34.6 Å². The minimum Gasteiger partial charge on any atom is -0.316 e. The Morgan fingerprint density at radius 2 is 2.25 bits per heavy atom. The molecule has 90 valence electrons. The lowest BCUT2D eigenvalue weighted by molar-refractivity contribution is 0.569. The number of nitrogens with one attached hydrogen (secondary N) is 1. The van der Waals surface area contributed by atoms with E-state index in [2.05, 4.69) is 12.2 Å². The van der Waals surface area contributed by atoms with E-state index < -0.39 is 0 Å². The SMILES string of the molecule is CCSCC(Cc1cccc(Cl)c1F)NC. The van der Waals surface area contributed by atoms with Gasteiger partial charge < -0.3 is 5.32 Å². The van der Waals surface area contributed by atoms with Gasteiger partial charge in [0.15, 0.2) is 0 Å². The molecule has 0 fully saturated rings. The minimum absolute atomic E-state index is 0.204. The van der Waals surface area contributed by atoms with Gasteiger partial charge in [-0.3, -0.25) is 0 Å². The number of benzene rings is 1. The van der Waals surface area contributed by atoms with Crippen molar-refractivity contribution in [1.29, 1.82) is 0 Å². The zero-order chi connectivity index (χ0) is 12.0. The van der Waals surface area contributed by atoms with Crippen LogP contribution < -0.4 is 5.32 Å². The lowest BCUT2D eigenvalue weighted by Gasteiger charge is -2.16. The van der Waals surface area contributed by atoms with E-state index in [1.165, 1.54) is 0 Å². The molecule has 0 radical (unpaired) electrons. The quantitative estimate of drug-likeness (QED) is 0.843. The number of rotatable bonds is 6. The van der Waals surface area contributed by atoms with Gasteiger partial charge in [-0.1, -0.05) is 30.7 Å². The van der Waals surface area contributed by atoms with Gasteiger partial charge in [0, 0.05) is 11.8 Å². The monoisotopic (exact) mass is 261 g/mol. The van der Waals surface area contributed by atoms with E-state index in [0.29, 0.717) is 12.0 Å². The largest absolute Gasteiger partial charge is 0.316 e. The maximum absolute atomic E-state index is 13.7. The van der Waals surface area contributed by atoms with Crippen LogP contribution in [0.2, 0.25) is 5.02 Å². The summed E-state index contributed by atoms with van der Waals surface area (Å²) < 4.78 is 13.7. The molecule has 0 bridgehead atoms. The van der Waals surface area contributed by atoms with Crippen LogP contribution in [0.25, 0.3) is 0 Å². The van der Waals surface area contributed by atoms with Crippen LogP contribution in [0, 0.1) is 5.82 Å². The maximum atomic E-state index is 13.7. The fourth-order valence-corrected chi connectivity index (χ4v) is 2.47. The Morgan fingerprint density at radius 3 is 2.88 bits per heavy atom. The van der Waals surface area contributed by atoms with Crippen molar-refractivity contribution < 1.29 is 4.39 Å². The van der Waals surface area contributed by atoms with Gasteiger partial charge >= 0.3 is 0 Å². The third-order valence-electron chi connectivity index (χ3n) is 2.43. The Kier molecular flexibility index (Phi) is 6.17. The predicted molar refractivity (Wildman–Crippen MR) is 71.0 cm³/mol. The summed E-state index contributed by atoms with van der Waals surface area (Å²) in [4.78, 5) is 0. The van der Waals surface area contributed by atoms with Crippen LogP contribution in [-0.2, 0) is 6.42 Å². The van der Waals surface area contributed by atoms with Gasteiger partial charge in [-0.2, -0.15) is 11.8 Å². The summed E-state index contributed by atoms with van der Waals surface area (Å²) in [7, 11) is 1.91. The second kappa shape index (κ2) is 7.15. The number of hydrogen-bond donors (Lipinski definition) is 1. The van der Waals surface area contributed by atoms with Gasteiger partial charge in [0.2, 0.25) is 0 Å². The van der Waals surface area contributed by atoms with Gasteiger partial charge in [0.1, 0.15) is 5.82 Å². The molecule has 16 heavy (non-hydrogen) atoms. The first kappa shape index (κ1) is 13.8. The standard InChI is InChI=1S/C12H17ClFNS/c1-3-16-8-10(15-2)7-9-5-4-6-11(13)12(9)14/h4-6,10,15H,3,7-8H2,1-2H3. The molecule has 0 spiro atoms. The summed E-state index contributed by atoms with van der Waals surface area (Å²) >= 11 is 7.60. The van der Waals surface area contributed by atoms with Crippen LogP contribution in [0.15, 0.2) is 18.2 Å². The van der Waals surface area contributed by atoms with Gasteiger partial charge in [-0.05, 0) is 30.9 Å². The van der Waals surface area contributed by atoms with Crippen molar-refractivity contribution >= 4 is 23.4 Å². The molecule has 0 aliphatic rings. The minimum atomic E-state index is -0.286. The molecule has 1 atom stereocenters. The summed E-state index contributed by atoms with van der Waals surface area (Å²) in [5, 5.41) is 3.41. The Bertz CT molecular complexity index is 333. The summed E-state index contributed by atoms with van der Waals surface area (Å²) in [6, 6.07) is 5.45. The molecular formula is C12H17ClFNS. The third-order valence-corrected chi connectivity index (χ3v) is 3.77. The van der Waals surface area contributed by atoms with Crippen molar-refractivity contribution in [2.75, 3.05) is 18.6 Å². The molecule has 1 N–H and O–H groups in total. The predicted octanol–water partition coefficient (Wildman–Crippen LogP) is 3.36. The second-order valence-corrected chi connectivity index (χ2v) is 5.29. The van der Waals surface area contributed by atoms with Crippen LogP contribution in [0.4, 0.5) is 4.39 Å². The molecule has 0 aliphatic heterocycles. The van der Waals surface area contributed by atoms with Gasteiger partial charge in [-0.25, -0.2) is 4.39 Å². The first-order valence-electron chi connectivity index (χ1n) is 5.37. The molecule has 1 aromatic rings. The number of thioether (sulfide) groups is 1. The first-order chi connectivity index (χ1) is 7.69. The zero-order valence-electron chi connectivity index (χ0n) is 9.59. The van der Waals surface area contributed by atoms with Crippen LogP contribution in [0.5, 0.6) is 0 Å². The Labute approximate surface area is 106 Å². The maximum Gasteiger partial charge on any atom is 0.145 e. The molecule has 0 amide bonds. The van der Waals surface area contributed by atoms with Gasteiger partial charge in [0.25, 0.3) is 0 Å². The van der Waals surface area contributed by atoms with Crippen molar-refractivity contribution in [2.45, 2.75) is 19.4 Å². The highest BCUT2D eigenvalue weighted by molar-refractivity contribution is 7.99. The number of halogens is 2. The molecule has 1 unspecified atom stereocenters. The van der Waals surface area contributed by atoms with Crippen molar-refractivity contribution in [3.8, 4) is 0 Å². The molecule has 4 heteroatoms. The van der Waals surface area contributed by atoms with Crippen molar-refractivity contribution in [1.82, 2.24) is 5.32 Å². The van der Waals surface area contributed by atoms with E-state index in [4.69, 9.17) is 11.6 Å². The molecular weight excluding hydrogens is 245 g/mol. The average Bonchev–Trinajstić information content (AvgIpc) is 2.30. The van der Waals surface area contributed by atoms with Gasteiger partial charge in [-0.15, -0.1) is 0 Å². The van der Waals surface area contributed by atoms with E-state index in [9.17, 15) is 4.39 Å². The Morgan fingerprint density at radius 1 is 1.50 bits per heavy atom. The fourth-order valence-electron chi connectivity index (χ4n) is 1.48. The summed E-state index contributed by atoms with van der Waals surface area (Å²) in [5.41, 5.74) is 0.684. The molecule has 0 aromatic heterocycles. The molecule has 0 heterocycles. The van der Waals surface area contributed by atoms with E-state index >= 15 is 0 Å². The molecule has 1 nitrogen and oxygen atoms in total. The number of likely N-dealkylation sites (N-methyl/N-ethyl adjacent to an activating group) is 1. The van der Waals surface area contributed by atoms with Crippen molar-refractivity contribution in [2.24, 2.45) is 0 Å². The van der Waals surface area contributed by atoms with Crippen LogP contribution >= 0.6 is 23.4 Å². The summed E-state index contributed by atoms with van der Waals surface area (Å²) in [6.45, 7) is 2.12. The fraction of sp³-hybridized carbons (Fsp3) is 0.500. The van der Waals surface area contributed by atoms with Crippen molar-refractivity contribution in [3.63, 3.8) is 0 Å². The highest BCUT2D eigenvalue weighted by atomic mass is 35.5. The van der Waals surface area contributed by atoms with Gasteiger partial charge in [0.05, 0.1) is 5.02 Å². The zero-order valence-corrected chi connectivity index (χ0v) is 11.2. The molecule has 0 aliphatic carbocycles. The van der Waals surface area contributed by atoms with E-state index in [1.54, 1.807) is 18.2 Å².